The highest BCUT2D eigenvalue weighted by Crippen LogP contribution is 2.40. The minimum atomic E-state index is -0.224. The molecule has 0 radical (unpaired) electrons. The molecule has 10 heteroatoms. The van der Waals surface area contributed by atoms with Crippen molar-refractivity contribution < 1.29 is 23.8 Å². The number of carbonyl (C=O) groups is 1. The van der Waals surface area contributed by atoms with Crippen LogP contribution in [0.25, 0.3) is 33.3 Å². The van der Waals surface area contributed by atoms with E-state index in [1.165, 1.54) is 26.7 Å². The Hall–Kier alpha value is -4.86. The van der Waals surface area contributed by atoms with E-state index in [2.05, 4.69) is 28.7 Å². The summed E-state index contributed by atoms with van der Waals surface area (Å²) in [7, 11) is 2.86. The fourth-order valence-electron chi connectivity index (χ4n) is 5.41. The van der Waals surface area contributed by atoms with E-state index < -0.39 is 0 Å². The van der Waals surface area contributed by atoms with Gasteiger partial charge in [-0.25, -0.2) is 4.98 Å². The molecular formula is C33H36N4O6. The summed E-state index contributed by atoms with van der Waals surface area (Å²) in [5.74, 6) is 0.894. The van der Waals surface area contributed by atoms with Gasteiger partial charge >= 0.3 is 0 Å². The second-order valence-corrected chi connectivity index (χ2v) is 10.6. The van der Waals surface area contributed by atoms with Crippen molar-refractivity contribution in [2.75, 3.05) is 19.5 Å². The molecule has 0 spiro atoms. The highest BCUT2D eigenvalue weighted by molar-refractivity contribution is 5.98. The lowest BCUT2D eigenvalue weighted by atomic mass is 10.1. The Kier molecular flexibility index (Phi) is 8.66. The number of ketones is 1. The van der Waals surface area contributed by atoms with Gasteiger partial charge in [-0.15, -0.1) is 0 Å². The number of nitrogens with zero attached hydrogens (tertiary/aromatic N) is 3. The molecule has 3 aromatic heterocycles. The molecule has 0 aliphatic heterocycles. The molecular weight excluding hydrogens is 548 g/mol. The van der Waals surface area contributed by atoms with Crippen LogP contribution in [0.1, 0.15) is 69.4 Å². The molecule has 1 aliphatic rings. The second kappa shape index (κ2) is 12.6. The van der Waals surface area contributed by atoms with Crippen LogP contribution < -0.4 is 20.2 Å². The number of carbonyl (C=O) groups excluding carboxylic acids is 1. The summed E-state index contributed by atoms with van der Waals surface area (Å²) >= 11 is 0. The first kappa shape index (κ1) is 29.6. The Morgan fingerprint density at radius 3 is 2.37 bits per heavy atom. The molecule has 10 nitrogen and oxygen atoms in total. The first-order chi connectivity index (χ1) is 20.8. The number of benzene rings is 2. The number of fused-ring (bicyclic) bond motifs is 2. The zero-order valence-corrected chi connectivity index (χ0v) is 25.1. The van der Waals surface area contributed by atoms with Crippen LogP contribution in [0.2, 0.25) is 0 Å². The molecule has 1 fully saturated rings. The van der Waals surface area contributed by atoms with E-state index in [4.69, 9.17) is 18.9 Å². The number of ether oxygens (including phenoxy) is 2. The van der Waals surface area contributed by atoms with E-state index in [-0.39, 0.29) is 40.3 Å². The first-order valence-electron chi connectivity index (χ1n) is 14.5. The SMILES string of the molecule is CCC.COc1cc(-c2cc(=O)c3ccc(Nc4ncc5cc(C(C)=O)n(C6CCCC6)c5n4)cc3o2)cc(OC)c1O. The van der Waals surface area contributed by atoms with Crippen molar-refractivity contribution >= 4 is 39.4 Å². The van der Waals surface area contributed by atoms with Gasteiger partial charge in [0.05, 0.1) is 25.3 Å². The predicted molar refractivity (Wildman–Crippen MR) is 167 cm³/mol. The molecule has 6 rings (SSSR count). The smallest absolute Gasteiger partial charge is 0.229 e. The van der Waals surface area contributed by atoms with Crippen LogP contribution in [0.5, 0.6) is 17.2 Å². The normalized spacial score (nSPS) is 13.1. The molecule has 0 saturated heterocycles. The standard InChI is InChI=1S/C30H28N4O6.C3H8/c1-16(35)22-10-18-15-31-30(33-29(18)34(22)20-6-4-5-7-20)32-19-8-9-21-23(36)14-24(40-25(21)13-19)17-11-26(38-2)28(37)27(12-17)39-3;1-3-2/h8-15,20,37H,4-7H2,1-3H3,(H,31,32,33);3H2,1-2H3. The number of methoxy groups -OCH3 is 2. The molecule has 2 aromatic carbocycles. The average Bonchev–Trinajstić information content (AvgIpc) is 3.65. The van der Waals surface area contributed by atoms with Crippen molar-refractivity contribution in [1.29, 1.82) is 0 Å². The molecule has 1 saturated carbocycles. The Morgan fingerprint density at radius 1 is 1.07 bits per heavy atom. The average molecular weight is 585 g/mol. The van der Waals surface area contributed by atoms with Gasteiger partial charge in [0, 0.05) is 47.9 Å². The summed E-state index contributed by atoms with van der Waals surface area (Å²) in [5.41, 5.74) is 2.63. The van der Waals surface area contributed by atoms with Crippen LogP contribution in [-0.2, 0) is 0 Å². The highest BCUT2D eigenvalue weighted by Gasteiger charge is 2.24. The van der Waals surface area contributed by atoms with E-state index in [9.17, 15) is 14.7 Å². The maximum atomic E-state index is 12.9. The second-order valence-electron chi connectivity index (χ2n) is 10.6. The van der Waals surface area contributed by atoms with E-state index in [0.29, 0.717) is 33.9 Å². The number of hydrogen-bond acceptors (Lipinski definition) is 9. The molecule has 43 heavy (non-hydrogen) atoms. The number of hydrogen-bond donors (Lipinski definition) is 2. The molecule has 2 N–H and O–H groups in total. The number of phenols is 1. The summed E-state index contributed by atoms with van der Waals surface area (Å²) in [5, 5.41) is 14.7. The van der Waals surface area contributed by atoms with Gasteiger partial charge in [0.1, 0.15) is 17.0 Å². The monoisotopic (exact) mass is 584 g/mol. The quantitative estimate of drug-likeness (QED) is 0.188. The van der Waals surface area contributed by atoms with Crippen molar-refractivity contribution in [3.05, 3.63) is 64.6 Å². The molecule has 0 amide bonds. The van der Waals surface area contributed by atoms with Crippen molar-refractivity contribution in [1.82, 2.24) is 14.5 Å². The van der Waals surface area contributed by atoms with Gasteiger partial charge in [-0.3, -0.25) is 9.59 Å². The first-order valence-corrected chi connectivity index (χ1v) is 14.5. The van der Waals surface area contributed by atoms with E-state index in [0.717, 1.165) is 36.7 Å². The molecule has 224 valence electrons. The van der Waals surface area contributed by atoms with Crippen LogP contribution in [0.15, 0.2) is 57.9 Å². The van der Waals surface area contributed by atoms with Gasteiger partial charge in [-0.05, 0) is 43.2 Å². The molecule has 0 unspecified atom stereocenters. The summed E-state index contributed by atoms with van der Waals surface area (Å²) in [6.45, 7) is 5.83. The van der Waals surface area contributed by atoms with E-state index in [1.54, 1.807) is 43.5 Å². The Bertz CT molecular complexity index is 1830. The van der Waals surface area contributed by atoms with Crippen LogP contribution in [-0.4, -0.2) is 39.6 Å². The van der Waals surface area contributed by atoms with Crippen LogP contribution in [0.4, 0.5) is 11.6 Å². The Balaban J connectivity index is 0.00000118. The molecule has 3 heterocycles. The minimum Gasteiger partial charge on any atom is -0.502 e. The van der Waals surface area contributed by atoms with Crippen LogP contribution in [0.3, 0.4) is 0 Å². The zero-order chi connectivity index (χ0) is 30.7. The maximum Gasteiger partial charge on any atom is 0.229 e. The zero-order valence-electron chi connectivity index (χ0n) is 25.1. The fourth-order valence-corrected chi connectivity index (χ4v) is 5.41. The van der Waals surface area contributed by atoms with E-state index >= 15 is 0 Å². The van der Waals surface area contributed by atoms with Crippen molar-refractivity contribution in [3.63, 3.8) is 0 Å². The largest absolute Gasteiger partial charge is 0.502 e. The third kappa shape index (κ3) is 5.90. The lowest BCUT2D eigenvalue weighted by Crippen LogP contribution is -2.12. The summed E-state index contributed by atoms with van der Waals surface area (Å²) < 4.78 is 18.7. The molecule has 0 bridgehead atoms. The summed E-state index contributed by atoms with van der Waals surface area (Å²) in [6, 6.07) is 11.8. The maximum absolute atomic E-state index is 12.9. The van der Waals surface area contributed by atoms with Gasteiger partial charge in [0.2, 0.25) is 11.7 Å². The molecule has 0 atom stereocenters. The number of aromatic hydroxyl groups is 1. The predicted octanol–water partition coefficient (Wildman–Crippen LogP) is 7.41. The lowest BCUT2D eigenvalue weighted by Gasteiger charge is -2.16. The number of phenolic OH excluding ortho intramolecular Hbond substituents is 1. The number of aromatic nitrogens is 3. The minimum absolute atomic E-state index is 0.00337. The molecule has 5 aromatic rings. The van der Waals surface area contributed by atoms with Crippen LogP contribution in [0, 0.1) is 0 Å². The number of anilines is 2. The topological polar surface area (TPSA) is 129 Å². The third-order valence-corrected chi connectivity index (χ3v) is 7.38. The van der Waals surface area contributed by atoms with Gasteiger partial charge in [-0.2, -0.15) is 4.98 Å². The summed E-state index contributed by atoms with van der Waals surface area (Å²) in [4.78, 5) is 34.6. The van der Waals surface area contributed by atoms with Gasteiger partial charge in [0.15, 0.2) is 22.7 Å². The highest BCUT2D eigenvalue weighted by atomic mass is 16.5. The Labute approximate surface area is 249 Å². The van der Waals surface area contributed by atoms with Crippen molar-refractivity contribution in [2.45, 2.75) is 58.9 Å². The lowest BCUT2D eigenvalue weighted by molar-refractivity contribution is 0.100. The number of nitrogens with one attached hydrogen (secondary N) is 1. The Morgan fingerprint density at radius 2 is 1.74 bits per heavy atom. The number of rotatable bonds is 7. The van der Waals surface area contributed by atoms with E-state index in [1.807, 2.05) is 6.07 Å². The molecule has 1 aliphatic carbocycles. The van der Waals surface area contributed by atoms with Gasteiger partial charge < -0.3 is 28.9 Å². The summed E-state index contributed by atoms with van der Waals surface area (Å²) in [6.07, 6.45) is 7.26. The number of Topliss-reactive ketones (excluding diaryl/α,β-unsaturated/α-hetero) is 1. The van der Waals surface area contributed by atoms with Crippen molar-refractivity contribution in [3.8, 4) is 28.6 Å². The van der Waals surface area contributed by atoms with Crippen LogP contribution >= 0.6 is 0 Å². The fraction of sp³-hybridized carbons (Fsp3) is 0.333. The van der Waals surface area contributed by atoms with Gasteiger partial charge in [-0.1, -0.05) is 33.1 Å². The van der Waals surface area contributed by atoms with Gasteiger partial charge in [0.25, 0.3) is 0 Å². The van der Waals surface area contributed by atoms with Crippen molar-refractivity contribution in [2.24, 2.45) is 0 Å². The third-order valence-electron chi connectivity index (χ3n) is 7.38.